The van der Waals surface area contributed by atoms with Crippen molar-refractivity contribution >= 4 is 28.1 Å². The summed E-state index contributed by atoms with van der Waals surface area (Å²) < 4.78 is 41.5. The molecule has 8 nitrogen and oxygen atoms in total. The lowest BCUT2D eigenvalue weighted by molar-refractivity contribution is -0.121. The van der Waals surface area contributed by atoms with Crippen LogP contribution in [0.25, 0.3) is 0 Å². The molecule has 176 valence electrons. The van der Waals surface area contributed by atoms with E-state index >= 15 is 0 Å². The van der Waals surface area contributed by atoms with Gasteiger partial charge in [0.15, 0.2) is 0 Å². The number of hydrogen-bond acceptors (Lipinski definition) is 5. The Morgan fingerprint density at radius 1 is 1.03 bits per heavy atom. The molecule has 0 spiro atoms. The highest BCUT2D eigenvalue weighted by Gasteiger charge is 2.27. The van der Waals surface area contributed by atoms with E-state index < -0.39 is 34.3 Å². The summed E-state index contributed by atoms with van der Waals surface area (Å²) in [5, 5.41) is 12.7. The molecule has 0 unspecified atom stereocenters. The lowest BCUT2D eigenvalue weighted by Crippen LogP contribution is -2.39. The van der Waals surface area contributed by atoms with Crippen molar-refractivity contribution < 1.29 is 27.5 Å². The number of carbonyl (C=O) groups is 2. The first-order valence-electron chi connectivity index (χ1n) is 10.1. The number of amides is 1. The molecule has 0 bridgehead atoms. The van der Waals surface area contributed by atoms with Crippen molar-refractivity contribution in [2.75, 3.05) is 6.54 Å². The van der Waals surface area contributed by atoms with Gasteiger partial charge in [0.2, 0.25) is 10.0 Å². The number of aryl methyl sites for hydroxylation is 1. The van der Waals surface area contributed by atoms with E-state index in [0.717, 1.165) is 9.87 Å². The highest BCUT2D eigenvalue weighted by atomic mass is 32.2. The molecule has 0 aliphatic carbocycles. The monoisotopic (exact) mass is 483 g/mol. The SMILES string of the molecule is Cc1ccc(S(=O)(=O)N(CC(=O)N/N=C\c2ccc(C(=O)O)cc2)Cc2ccccc2F)cc1. The number of rotatable bonds is 9. The molecule has 34 heavy (non-hydrogen) atoms. The van der Waals surface area contributed by atoms with Crippen molar-refractivity contribution in [3.63, 3.8) is 0 Å². The van der Waals surface area contributed by atoms with Crippen molar-refractivity contribution in [2.45, 2.75) is 18.4 Å². The van der Waals surface area contributed by atoms with Gasteiger partial charge in [0, 0.05) is 12.1 Å². The van der Waals surface area contributed by atoms with E-state index in [1.54, 1.807) is 18.2 Å². The van der Waals surface area contributed by atoms with Gasteiger partial charge in [0.25, 0.3) is 5.91 Å². The number of carboxylic acid groups (broad SMARTS) is 1. The summed E-state index contributed by atoms with van der Waals surface area (Å²) in [7, 11) is -4.12. The number of aromatic carboxylic acids is 1. The molecule has 3 rings (SSSR count). The van der Waals surface area contributed by atoms with Crippen LogP contribution in [-0.2, 0) is 21.4 Å². The number of halogens is 1. The van der Waals surface area contributed by atoms with Crippen molar-refractivity contribution in [3.8, 4) is 0 Å². The van der Waals surface area contributed by atoms with E-state index in [2.05, 4.69) is 10.5 Å². The van der Waals surface area contributed by atoms with Crippen molar-refractivity contribution in [3.05, 3.63) is 101 Å². The molecule has 0 aromatic heterocycles. The first-order chi connectivity index (χ1) is 16.2. The number of carbonyl (C=O) groups excluding carboxylic acids is 1. The number of hydrazone groups is 1. The first kappa shape index (κ1) is 24.7. The molecule has 3 aromatic carbocycles. The average molecular weight is 484 g/mol. The van der Waals surface area contributed by atoms with Crippen LogP contribution in [0.1, 0.15) is 27.0 Å². The Morgan fingerprint density at radius 3 is 2.29 bits per heavy atom. The van der Waals surface area contributed by atoms with Crippen LogP contribution in [0, 0.1) is 12.7 Å². The van der Waals surface area contributed by atoms with Crippen LogP contribution in [0.4, 0.5) is 4.39 Å². The topological polar surface area (TPSA) is 116 Å². The smallest absolute Gasteiger partial charge is 0.335 e. The van der Waals surface area contributed by atoms with E-state index in [-0.39, 0.29) is 22.6 Å². The Kier molecular flexibility index (Phi) is 7.87. The van der Waals surface area contributed by atoms with Crippen LogP contribution < -0.4 is 5.43 Å². The lowest BCUT2D eigenvalue weighted by Gasteiger charge is -2.22. The van der Waals surface area contributed by atoms with Gasteiger partial charge in [0.1, 0.15) is 5.82 Å². The van der Waals surface area contributed by atoms with Crippen LogP contribution in [0.5, 0.6) is 0 Å². The van der Waals surface area contributed by atoms with Gasteiger partial charge in [-0.2, -0.15) is 9.41 Å². The lowest BCUT2D eigenvalue weighted by atomic mass is 10.1. The largest absolute Gasteiger partial charge is 0.478 e. The minimum atomic E-state index is -4.12. The second-order valence-electron chi connectivity index (χ2n) is 7.40. The third-order valence-electron chi connectivity index (χ3n) is 4.84. The molecule has 0 saturated heterocycles. The van der Waals surface area contributed by atoms with Gasteiger partial charge in [-0.05, 0) is 42.8 Å². The molecule has 10 heteroatoms. The number of nitrogens with one attached hydrogen (secondary N) is 1. The normalized spacial score (nSPS) is 11.6. The summed E-state index contributed by atoms with van der Waals surface area (Å²) in [4.78, 5) is 23.4. The van der Waals surface area contributed by atoms with Crippen molar-refractivity contribution in [1.82, 2.24) is 9.73 Å². The third-order valence-corrected chi connectivity index (χ3v) is 6.65. The van der Waals surface area contributed by atoms with Gasteiger partial charge in [-0.1, -0.05) is 48.0 Å². The van der Waals surface area contributed by atoms with Crippen LogP contribution >= 0.6 is 0 Å². The van der Waals surface area contributed by atoms with Crippen LogP contribution in [0.15, 0.2) is 82.8 Å². The third kappa shape index (κ3) is 6.33. The number of nitrogens with zero attached hydrogens (tertiary/aromatic N) is 2. The molecule has 0 aliphatic rings. The Hall–Kier alpha value is -3.89. The van der Waals surface area contributed by atoms with Crippen LogP contribution in [0.3, 0.4) is 0 Å². The minimum Gasteiger partial charge on any atom is -0.478 e. The number of sulfonamides is 1. The van der Waals surface area contributed by atoms with E-state index in [4.69, 9.17) is 5.11 Å². The van der Waals surface area contributed by atoms with Gasteiger partial charge < -0.3 is 5.11 Å². The molecule has 0 atom stereocenters. The summed E-state index contributed by atoms with van der Waals surface area (Å²) in [5.74, 6) is -2.39. The van der Waals surface area contributed by atoms with E-state index in [1.807, 2.05) is 6.92 Å². The fraction of sp³-hybridized carbons (Fsp3) is 0.125. The number of benzene rings is 3. The van der Waals surface area contributed by atoms with Gasteiger partial charge >= 0.3 is 5.97 Å². The van der Waals surface area contributed by atoms with Gasteiger partial charge in [0.05, 0.1) is 23.2 Å². The van der Waals surface area contributed by atoms with Crippen molar-refractivity contribution in [1.29, 1.82) is 0 Å². The molecule has 0 aliphatic heterocycles. The second-order valence-corrected chi connectivity index (χ2v) is 9.34. The summed E-state index contributed by atoms with van der Waals surface area (Å²) in [5.41, 5.74) is 3.86. The molecule has 2 N–H and O–H groups in total. The van der Waals surface area contributed by atoms with Crippen LogP contribution in [-0.4, -0.2) is 42.5 Å². The fourth-order valence-electron chi connectivity index (χ4n) is 2.99. The zero-order valence-corrected chi connectivity index (χ0v) is 19.0. The van der Waals surface area contributed by atoms with Gasteiger partial charge in [-0.3, -0.25) is 4.79 Å². The summed E-state index contributed by atoms with van der Waals surface area (Å²) in [6, 6.07) is 17.6. The van der Waals surface area contributed by atoms with Gasteiger partial charge in [-0.15, -0.1) is 0 Å². The maximum absolute atomic E-state index is 14.2. The molecule has 0 fully saturated rings. The van der Waals surface area contributed by atoms with E-state index in [9.17, 15) is 22.4 Å². The predicted octanol–water partition coefficient (Wildman–Crippen LogP) is 3.17. The minimum absolute atomic E-state index is 0.0238. The Morgan fingerprint density at radius 2 is 1.68 bits per heavy atom. The number of hydrogen-bond donors (Lipinski definition) is 2. The van der Waals surface area contributed by atoms with Crippen molar-refractivity contribution in [2.24, 2.45) is 5.10 Å². The maximum atomic E-state index is 14.2. The first-order valence-corrected chi connectivity index (χ1v) is 11.6. The standard InChI is InChI=1S/C24H22FN3O5S/c1-17-6-12-21(13-7-17)34(32,33)28(15-20-4-2-3-5-22(20)25)16-23(29)27-26-14-18-8-10-19(11-9-18)24(30)31/h2-14H,15-16H2,1H3,(H,27,29)(H,30,31)/b26-14-. The number of carboxylic acids is 1. The molecule has 1 amide bonds. The molecule has 0 radical (unpaired) electrons. The Labute approximate surface area is 196 Å². The fourth-order valence-corrected chi connectivity index (χ4v) is 4.36. The zero-order valence-electron chi connectivity index (χ0n) is 18.2. The van der Waals surface area contributed by atoms with E-state index in [0.29, 0.717) is 5.56 Å². The summed E-state index contributed by atoms with van der Waals surface area (Å²) in [6.45, 7) is 0.866. The van der Waals surface area contributed by atoms with Crippen LogP contribution in [0.2, 0.25) is 0 Å². The zero-order chi connectivity index (χ0) is 24.7. The second kappa shape index (κ2) is 10.8. The highest BCUT2D eigenvalue weighted by molar-refractivity contribution is 7.89. The molecular formula is C24H22FN3O5S. The Balaban J connectivity index is 1.77. The van der Waals surface area contributed by atoms with E-state index in [1.165, 1.54) is 60.8 Å². The summed E-state index contributed by atoms with van der Waals surface area (Å²) in [6.07, 6.45) is 1.29. The Bertz CT molecular complexity index is 1310. The predicted molar refractivity (Wildman–Crippen MR) is 124 cm³/mol. The summed E-state index contributed by atoms with van der Waals surface area (Å²) >= 11 is 0. The molecular weight excluding hydrogens is 461 g/mol. The average Bonchev–Trinajstić information content (AvgIpc) is 2.80. The maximum Gasteiger partial charge on any atom is 0.335 e. The quantitative estimate of drug-likeness (QED) is 0.358. The molecule has 0 saturated carbocycles. The molecule has 0 heterocycles. The van der Waals surface area contributed by atoms with Gasteiger partial charge in [-0.25, -0.2) is 23.0 Å². The highest BCUT2D eigenvalue weighted by Crippen LogP contribution is 2.20. The molecule has 3 aromatic rings.